The van der Waals surface area contributed by atoms with E-state index >= 15 is 0 Å². The van der Waals surface area contributed by atoms with Gasteiger partial charge in [-0.3, -0.25) is 4.79 Å². The molecule has 1 heterocycles. The first kappa shape index (κ1) is 15.3. The summed E-state index contributed by atoms with van der Waals surface area (Å²) < 4.78 is 0. The number of amides is 1. The molecule has 1 unspecified atom stereocenters. The van der Waals surface area contributed by atoms with Gasteiger partial charge in [0.15, 0.2) is 0 Å². The van der Waals surface area contributed by atoms with E-state index in [1.54, 1.807) is 0 Å². The molecule has 1 amide bonds. The molecule has 1 saturated carbocycles. The first-order valence-corrected chi connectivity index (χ1v) is 7.77. The molecule has 3 N–H and O–H groups in total. The van der Waals surface area contributed by atoms with Crippen molar-refractivity contribution in [2.24, 2.45) is 11.8 Å². The summed E-state index contributed by atoms with van der Waals surface area (Å²) in [5, 5.41) is 15.6. The predicted molar refractivity (Wildman–Crippen MR) is 76.4 cm³/mol. The number of carboxylic acids is 1. The van der Waals surface area contributed by atoms with Crippen LogP contribution in [0, 0.1) is 11.8 Å². The highest BCUT2D eigenvalue weighted by atomic mass is 16.4. The van der Waals surface area contributed by atoms with Gasteiger partial charge in [0.25, 0.3) is 0 Å². The van der Waals surface area contributed by atoms with Gasteiger partial charge in [0.05, 0.1) is 0 Å². The number of rotatable bonds is 4. The minimum Gasteiger partial charge on any atom is -0.480 e. The quantitative estimate of drug-likeness (QED) is 0.730. The van der Waals surface area contributed by atoms with Gasteiger partial charge in [-0.05, 0) is 63.5 Å². The molecule has 0 aromatic heterocycles. The number of hydrogen-bond donors (Lipinski definition) is 3. The first-order chi connectivity index (χ1) is 9.52. The molecule has 1 aliphatic carbocycles. The maximum absolute atomic E-state index is 12.2. The third-order valence-corrected chi connectivity index (χ3v) is 4.79. The van der Waals surface area contributed by atoms with Gasteiger partial charge in [-0.25, -0.2) is 4.79 Å². The van der Waals surface area contributed by atoms with Crippen LogP contribution in [-0.2, 0) is 9.59 Å². The lowest BCUT2D eigenvalue weighted by Gasteiger charge is -2.37. The largest absolute Gasteiger partial charge is 0.480 e. The fourth-order valence-corrected chi connectivity index (χ4v) is 3.33. The Balaban J connectivity index is 1.90. The Hall–Kier alpha value is -1.10. The van der Waals surface area contributed by atoms with E-state index in [1.165, 1.54) is 0 Å². The van der Waals surface area contributed by atoms with Crippen molar-refractivity contribution < 1.29 is 14.7 Å². The molecule has 1 atom stereocenters. The van der Waals surface area contributed by atoms with Gasteiger partial charge >= 0.3 is 5.97 Å². The average molecular weight is 282 g/mol. The van der Waals surface area contributed by atoms with Gasteiger partial charge in [0.1, 0.15) is 5.54 Å². The van der Waals surface area contributed by atoms with E-state index in [4.69, 9.17) is 0 Å². The van der Waals surface area contributed by atoms with Gasteiger partial charge in [0.2, 0.25) is 5.91 Å². The molecule has 2 aliphatic rings. The minimum atomic E-state index is -1.02. The third-order valence-electron chi connectivity index (χ3n) is 4.79. The van der Waals surface area contributed by atoms with E-state index in [0.29, 0.717) is 31.1 Å². The zero-order valence-corrected chi connectivity index (χ0v) is 12.3. The van der Waals surface area contributed by atoms with Crippen molar-refractivity contribution in [3.8, 4) is 0 Å². The number of carbonyl (C=O) groups excluding carboxylic acids is 1. The number of carbonyl (C=O) groups is 2. The molecule has 0 aromatic carbocycles. The van der Waals surface area contributed by atoms with Gasteiger partial charge in [0, 0.05) is 6.42 Å². The molecule has 2 fully saturated rings. The minimum absolute atomic E-state index is 0.101. The van der Waals surface area contributed by atoms with Crippen molar-refractivity contribution in [3.63, 3.8) is 0 Å². The van der Waals surface area contributed by atoms with Crippen molar-refractivity contribution in [2.75, 3.05) is 13.1 Å². The molecule has 5 heteroatoms. The van der Waals surface area contributed by atoms with E-state index in [2.05, 4.69) is 17.6 Å². The Morgan fingerprint density at radius 2 is 2.00 bits per heavy atom. The number of piperidine rings is 1. The summed E-state index contributed by atoms with van der Waals surface area (Å²) in [6.45, 7) is 4.03. The topological polar surface area (TPSA) is 78.4 Å². The smallest absolute Gasteiger partial charge is 0.329 e. The Morgan fingerprint density at radius 3 is 2.55 bits per heavy atom. The lowest BCUT2D eigenvalue weighted by atomic mass is 9.77. The van der Waals surface area contributed by atoms with Crippen molar-refractivity contribution in [1.29, 1.82) is 0 Å². The summed E-state index contributed by atoms with van der Waals surface area (Å²) in [7, 11) is 0. The highest BCUT2D eigenvalue weighted by Gasteiger charge is 2.42. The Labute approximate surface area is 120 Å². The Bertz CT molecular complexity index is 356. The van der Waals surface area contributed by atoms with Gasteiger partial charge in [-0.1, -0.05) is 6.92 Å². The summed E-state index contributed by atoms with van der Waals surface area (Å²) in [6, 6.07) is 0. The van der Waals surface area contributed by atoms with E-state index in [-0.39, 0.29) is 5.91 Å². The van der Waals surface area contributed by atoms with Crippen LogP contribution in [0.25, 0.3) is 0 Å². The van der Waals surface area contributed by atoms with E-state index in [9.17, 15) is 14.7 Å². The van der Waals surface area contributed by atoms with Crippen molar-refractivity contribution in [3.05, 3.63) is 0 Å². The molecule has 0 spiro atoms. The molecule has 114 valence electrons. The Morgan fingerprint density at radius 1 is 1.30 bits per heavy atom. The second-order valence-electron chi connectivity index (χ2n) is 6.53. The first-order valence-electron chi connectivity index (χ1n) is 7.77. The summed E-state index contributed by atoms with van der Waals surface area (Å²) in [4.78, 5) is 23.8. The van der Waals surface area contributed by atoms with Crippen LogP contribution in [0.3, 0.4) is 0 Å². The lowest BCUT2D eigenvalue weighted by Crippen LogP contribution is -2.56. The monoisotopic (exact) mass is 282 g/mol. The fourth-order valence-electron chi connectivity index (χ4n) is 3.33. The zero-order valence-electron chi connectivity index (χ0n) is 12.3. The van der Waals surface area contributed by atoms with Crippen LogP contribution in [0.1, 0.15) is 51.9 Å². The number of carboxylic acid groups (broad SMARTS) is 1. The lowest BCUT2D eigenvalue weighted by molar-refractivity contribution is -0.149. The second kappa shape index (κ2) is 6.57. The molecule has 2 rings (SSSR count). The molecule has 1 aliphatic heterocycles. The van der Waals surface area contributed by atoms with Gasteiger partial charge in [-0.2, -0.15) is 0 Å². The van der Waals surface area contributed by atoms with Crippen molar-refractivity contribution in [1.82, 2.24) is 10.6 Å². The van der Waals surface area contributed by atoms with Crippen LogP contribution < -0.4 is 10.6 Å². The fraction of sp³-hybridized carbons (Fsp3) is 0.867. The Kier molecular flexibility index (Phi) is 5.02. The SMILES string of the molecule is CC1CCC(NC(=O)CC2CCCNC2)(C(=O)O)CC1. The highest BCUT2D eigenvalue weighted by Crippen LogP contribution is 2.32. The van der Waals surface area contributed by atoms with Crippen LogP contribution in [-0.4, -0.2) is 35.6 Å². The van der Waals surface area contributed by atoms with E-state index in [1.807, 2.05) is 0 Å². The van der Waals surface area contributed by atoms with E-state index < -0.39 is 11.5 Å². The number of hydrogen-bond acceptors (Lipinski definition) is 3. The highest BCUT2D eigenvalue weighted by molar-refractivity contribution is 5.87. The molecule has 5 nitrogen and oxygen atoms in total. The molecular formula is C15H26N2O3. The van der Waals surface area contributed by atoms with Crippen LogP contribution in [0.5, 0.6) is 0 Å². The normalized spacial score (nSPS) is 34.5. The molecule has 0 radical (unpaired) electrons. The third kappa shape index (κ3) is 3.72. The standard InChI is InChI=1S/C15H26N2O3/c1-11-4-6-15(7-5-11,14(19)20)17-13(18)9-12-3-2-8-16-10-12/h11-12,16H,2-10H2,1H3,(H,17,18)(H,19,20). The summed E-state index contributed by atoms with van der Waals surface area (Å²) in [6.07, 6.45) is 5.44. The van der Waals surface area contributed by atoms with E-state index in [0.717, 1.165) is 38.8 Å². The van der Waals surface area contributed by atoms with Crippen LogP contribution >= 0.6 is 0 Å². The summed E-state index contributed by atoms with van der Waals surface area (Å²) in [5.41, 5.74) is -1.02. The summed E-state index contributed by atoms with van der Waals surface area (Å²) in [5.74, 6) is -0.0748. The molecule has 0 aromatic rings. The second-order valence-corrected chi connectivity index (χ2v) is 6.53. The van der Waals surface area contributed by atoms with Crippen LogP contribution in [0.4, 0.5) is 0 Å². The number of aliphatic carboxylic acids is 1. The van der Waals surface area contributed by atoms with Gasteiger partial charge in [-0.15, -0.1) is 0 Å². The molecule has 1 saturated heterocycles. The molecule has 20 heavy (non-hydrogen) atoms. The average Bonchev–Trinajstić information content (AvgIpc) is 2.42. The van der Waals surface area contributed by atoms with Crippen molar-refractivity contribution >= 4 is 11.9 Å². The van der Waals surface area contributed by atoms with Crippen molar-refractivity contribution in [2.45, 2.75) is 57.4 Å². The predicted octanol–water partition coefficient (Wildman–Crippen LogP) is 1.53. The van der Waals surface area contributed by atoms with Gasteiger partial charge < -0.3 is 15.7 Å². The zero-order chi connectivity index (χ0) is 14.6. The van der Waals surface area contributed by atoms with Crippen LogP contribution in [0.2, 0.25) is 0 Å². The maximum Gasteiger partial charge on any atom is 0.329 e. The molecular weight excluding hydrogens is 256 g/mol. The maximum atomic E-state index is 12.2. The van der Waals surface area contributed by atoms with Crippen LogP contribution in [0.15, 0.2) is 0 Å². The molecule has 0 bridgehead atoms. The summed E-state index contributed by atoms with van der Waals surface area (Å²) >= 11 is 0. The number of nitrogens with one attached hydrogen (secondary N) is 2.